The molecule has 0 N–H and O–H groups in total. The first kappa shape index (κ1) is 16.5. The van der Waals surface area contributed by atoms with Crippen LogP contribution in [0.1, 0.15) is 91.9 Å². The maximum Gasteiger partial charge on any atom is -0.0264 e. The number of fused-ring (bicyclic) bond motifs is 5. The van der Waals surface area contributed by atoms with Gasteiger partial charge in [0.2, 0.25) is 0 Å². The molecule has 4 saturated carbocycles. The molecule has 0 amide bonds. The third kappa shape index (κ3) is 2.29. The van der Waals surface area contributed by atoms with Crippen LogP contribution in [0.25, 0.3) is 0 Å². The normalized spacial score (nSPS) is 54.0. The maximum atomic E-state index is 2.85. The Hall–Kier alpha value is 0. The lowest BCUT2D eigenvalue weighted by Crippen LogP contribution is -2.53. The fourth-order valence-corrected chi connectivity index (χ4v) is 8.18. The molecule has 0 aromatic carbocycles. The van der Waals surface area contributed by atoms with Gasteiger partial charge in [-0.15, -0.1) is 0 Å². The second kappa shape index (κ2) is 5.77. The van der Waals surface area contributed by atoms with Crippen LogP contribution in [0.3, 0.4) is 0 Å². The molecule has 0 heterocycles. The minimum Gasteiger partial charge on any atom is -0.0651 e. The molecule has 0 aromatic rings. The van der Waals surface area contributed by atoms with Crippen molar-refractivity contribution in [3.63, 3.8) is 0 Å². The van der Waals surface area contributed by atoms with Crippen LogP contribution in [0, 0.1) is 52.8 Å². The van der Waals surface area contributed by atoms with E-state index >= 15 is 0 Å². The monoisotopic (exact) mass is 315 g/mol. The molecule has 131 valence electrons. The minimum absolute atomic E-state index is 0.658. The fourth-order valence-electron chi connectivity index (χ4n) is 8.18. The summed E-state index contributed by atoms with van der Waals surface area (Å²) in [6, 6.07) is 0. The van der Waals surface area contributed by atoms with Crippen LogP contribution in [0.5, 0.6) is 0 Å². The smallest absolute Gasteiger partial charge is 0.0264 e. The molecule has 8 atom stereocenters. The van der Waals surface area contributed by atoms with Gasteiger partial charge in [0.25, 0.3) is 0 Å². The predicted octanol–water partition coefficient (Wildman–Crippen LogP) is 6.90. The Kier molecular flexibility index (Phi) is 4.13. The first-order valence-corrected chi connectivity index (χ1v) is 10.8. The van der Waals surface area contributed by atoms with E-state index in [-0.39, 0.29) is 0 Å². The Bertz CT molecular complexity index is 439. The lowest BCUT2D eigenvalue weighted by atomic mass is 9.44. The summed E-state index contributed by atoms with van der Waals surface area (Å²) in [5.41, 5.74) is 1.35. The van der Waals surface area contributed by atoms with Crippen molar-refractivity contribution in [1.29, 1.82) is 0 Å². The van der Waals surface area contributed by atoms with Gasteiger partial charge in [-0.2, -0.15) is 0 Å². The lowest BCUT2D eigenvalue weighted by molar-refractivity contribution is -0.0921. The van der Waals surface area contributed by atoms with Crippen molar-refractivity contribution in [2.75, 3.05) is 0 Å². The number of hydrogen-bond acceptors (Lipinski definition) is 0. The zero-order valence-electron chi connectivity index (χ0n) is 16.1. The zero-order valence-corrected chi connectivity index (χ0v) is 16.1. The van der Waals surface area contributed by atoms with E-state index in [1.54, 1.807) is 0 Å². The van der Waals surface area contributed by atoms with E-state index in [9.17, 15) is 0 Å². The Balaban J connectivity index is 1.60. The van der Waals surface area contributed by atoms with E-state index in [1.165, 1.54) is 64.2 Å². The van der Waals surface area contributed by atoms with Crippen LogP contribution in [0.2, 0.25) is 0 Å². The molecular formula is C23H39. The summed E-state index contributed by atoms with van der Waals surface area (Å²) in [5, 5.41) is 0. The molecule has 0 aromatic heterocycles. The Morgan fingerprint density at radius 2 is 1.74 bits per heavy atom. The van der Waals surface area contributed by atoms with E-state index in [0.29, 0.717) is 10.8 Å². The first-order chi connectivity index (χ1) is 11.0. The molecule has 0 nitrogen and oxygen atoms in total. The van der Waals surface area contributed by atoms with Gasteiger partial charge in [0.1, 0.15) is 0 Å². The van der Waals surface area contributed by atoms with Crippen LogP contribution in [-0.2, 0) is 0 Å². The third-order valence-corrected chi connectivity index (χ3v) is 9.73. The molecule has 0 heteroatoms. The average molecular weight is 316 g/mol. The molecule has 1 radical (unpaired) electrons. The third-order valence-electron chi connectivity index (χ3n) is 9.73. The second-order valence-electron chi connectivity index (χ2n) is 10.3. The molecular weight excluding hydrogens is 276 g/mol. The summed E-state index contributed by atoms with van der Waals surface area (Å²) in [5.74, 6) is 5.96. The van der Waals surface area contributed by atoms with Crippen molar-refractivity contribution in [2.24, 2.45) is 46.3 Å². The first-order valence-electron chi connectivity index (χ1n) is 10.8. The van der Waals surface area contributed by atoms with Crippen molar-refractivity contribution in [3.05, 3.63) is 6.42 Å². The van der Waals surface area contributed by atoms with Crippen LogP contribution < -0.4 is 0 Å². The molecule has 0 spiro atoms. The van der Waals surface area contributed by atoms with Crippen molar-refractivity contribution in [3.8, 4) is 0 Å². The minimum atomic E-state index is 0.658. The van der Waals surface area contributed by atoms with Crippen LogP contribution >= 0.6 is 0 Å². The van der Waals surface area contributed by atoms with E-state index in [0.717, 1.165) is 35.5 Å². The van der Waals surface area contributed by atoms with Crippen LogP contribution in [0.4, 0.5) is 0 Å². The van der Waals surface area contributed by atoms with E-state index < -0.39 is 0 Å². The molecule has 0 aliphatic heterocycles. The Labute approximate surface area is 145 Å². The van der Waals surface area contributed by atoms with Crippen molar-refractivity contribution in [1.82, 2.24) is 0 Å². The van der Waals surface area contributed by atoms with Crippen LogP contribution in [0.15, 0.2) is 0 Å². The van der Waals surface area contributed by atoms with Gasteiger partial charge in [-0.3, -0.25) is 0 Å². The topological polar surface area (TPSA) is 0 Å². The molecule has 4 aliphatic rings. The standard InChI is InChI=1S/C23H39/c1-5-16(2)19-11-12-20-18-10-9-17-8-6-7-14-22(17,3)21(18)13-15-23(19,20)4/h10,16-21H,5-9,11-15H2,1-4H3/t16-,17+,18+,19-,20+,21+,22+,23-/m1/s1. The van der Waals surface area contributed by atoms with Gasteiger partial charge in [0.05, 0.1) is 0 Å². The van der Waals surface area contributed by atoms with Crippen molar-refractivity contribution < 1.29 is 0 Å². The molecule has 4 rings (SSSR count). The quantitative estimate of drug-likeness (QED) is 0.520. The van der Waals surface area contributed by atoms with Gasteiger partial charge in [-0.05, 0) is 97.7 Å². The highest BCUT2D eigenvalue weighted by atomic mass is 14.6. The van der Waals surface area contributed by atoms with E-state index in [4.69, 9.17) is 0 Å². The SMILES string of the molecule is CC[C@@H](C)[C@H]1CC[C@H]2[C@@H]3[CH]C[C@@H]4CCCC[C@]4(C)[C@H]3CC[C@]12C. The van der Waals surface area contributed by atoms with Gasteiger partial charge < -0.3 is 0 Å². The van der Waals surface area contributed by atoms with Gasteiger partial charge in [0.15, 0.2) is 0 Å². The molecule has 0 unspecified atom stereocenters. The highest BCUT2D eigenvalue weighted by Gasteiger charge is 2.59. The molecule has 0 saturated heterocycles. The number of rotatable bonds is 2. The fraction of sp³-hybridized carbons (Fsp3) is 0.957. The van der Waals surface area contributed by atoms with Gasteiger partial charge in [0, 0.05) is 0 Å². The molecule has 0 bridgehead atoms. The highest BCUT2D eigenvalue weighted by molar-refractivity contribution is 5.13. The lowest BCUT2D eigenvalue weighted by Gasteiger charge is -2.60. The zero-order chi connectivity index (χ0) is 16.2. The Morgan fingerprint density at radius 3 is 2.52 bits per heavy atom. The Morgan fingerprint density at radius 1 is 0.957 bits per heavy atom. The average Bonchev–Trinajstić information content (AvgIpc) is 2.91. The van der Waals surface area contributed by atoms with Gasteiger partial charge in [-0.25, -0.2) is 0 Å². The van der Waals surface area contributed by atoms with Crippen molar-refractivity contribution >= 4 is 0 Å². The second-order valence-corrected chi connectivity index (χ2v) is 10.3. The summed E-state index contributed by atoms with van der Waals surface area (Å²) < 4.78 is 0. The number of hydrogen-bond donors (Lipinski definition) is 0. The van der Waals surface area contributed by atoms with Gasteiger partial charge >= 0.3 is 0 Å². The highest BCUT2D eigenvalue weighted by Crippen LogP contribution is 2.68. The maximum absolute atomic E-state index is 2.85. The molecule has 4 fully saturated rings. The summed E-state index contributed by atoms with van der Waals surface area (Å²) in [4.78, 5) is 0. The van der Waals surface area contributed by atoms with Crippen molar-refractivity contribution in [2.45, 2.75) is 91.9 Å². The summed E-state index contributed by atoms with van der Waals surface area (Å²) in [6.45, 7) is 10.3. The molecule has 23 heavy (non-hydrogen) atoms. The summed E-state index contributed by atoms with van der Waals surface area (Å²) in [6.07, 6.45) is 17.9. The van der Waals surface area contributed by atoms with E-state index in [2.05, 4.69) is 34.1 Å². The van der Waals surface area contributed by atoms with Gasteiger partial charge in [-0.1, -0.05) is 47.0 Å². The van der Waals surface area contributed by atoms with E-state index in [1.807, 2.05) is 0 Å². The summed E-state index contributed by atoms with van der Waals surface area (Å²) in [7, 11) is 0. The molecule has 4 aliphatic carbocycles. The summed E-state index contributed by atoms with van der Waals surface area (Å²) >= 11 is 0. The largest absolute Gasteiger partial charge is 0.0651 e. The predicted molar refractivity (Wildman–Crippen MR) is 99.0 cm³/mol. The van der Waals surface area contributed by atoms with Crippen LogP contribution in [-0.4, -0.2) is 0 Å².